The standard InChI is InChI=1S/C8H6ClN5S/c9-7-5(1-2-12-8(7)10)15-6-3-11-4-13-14-6/h1-4H,(H2,10,12). The zero-order chi connectivity index (χ0) is 10.7. The van der Waals surface area contributed by atoms with Crippen LogP contribution >= 0.6 is 23.4 Å². The predicted molar refractivity (Wildman–Crippen MR) is 57.6 cm³/mol. The van der Waals surface area contributed by atoms with Crippen molar-refractivity contribution in [2.24, 2.45) is 0 Å². The van der Waals surface area contributed by atoms with Crippen molar-refractivity contribution >= 4 is 29.2 Å². The molecule has 0 amide bonds. The molecule has 2 heterocycles. The number of nitrogens with zero attached hydrogens (tertiary/aromatic N) is 4. The van der Waals surface area contributed by atoms with E-state index in [0.29, 0.717) is 15.9 Å². The predicted octanol–water partition coefficient (Wildman–Crippen LogP) is 1.65. The molecule has 2 rings (SSSR count). The van der Waals surface area contributed by atoms with Crippen LogP contribution in [0.5, 0.6) is 0 Å². The number of nitrogen functional groups attached to an aromatic ring is 1. The molecule has 0 saturated heterocycles. The molecular formula is C8H6ClN5S. The Morgan fingerprint density at radius 3 is 3.00 bits per heavy atom. The van der Waals surface area contributed by atoms with Gasteiger partial charge in [-0.25, -0.2) is 9.97 Å². The van der Waals surface area contributed by atoms with E-state index in [2.05, 4.69) is 20.2 Å². The van der Waals surface area contributed by atoms with Crippen molar-refractivity contribution in [3.63, 3.8) is 0 Å². The van der Waals surface area contributed by atoms with Crippen LogP contribution < -0.4 is 5.73 Å². The lowest BCUT2D eigenvalue weighted by Crippen LogP contribution is -1.92. The van der Waals surface area contributed by atoms with Crippen molar-refractivity contribution in [2.75, 3.05) is 5.73 Å². The van der Waals surface area contributed by atoms with E-state index in [1.807, 2.05) is 0 Å². The topological polar surface area (TPSA) is 77.6 Å². The van der Waals surface area contributed by atoms with E-state index in [0.717, 1.165) is 4.90 Å². The summed E-state index contributed by atoms with van der Waals surface area (Å²) in [5, 5.41) is 8.62. The third kappa shape index (κ3) is 2.34. The molecule has 76 valence electrons. The lowest BCUT2D eigenvalue weighted by atomic mass is 10.5. The van der Waals surface area contributed by atoms with Crippen LogP contribution in [0.2, 0.25) is 5.02 Å². The van der Waals surface area contributed by atoms with Gasteiger partial charge >= 0.3 is 0 Å². The molecule has 0 atom stereocenters. The van der Waals surface area contributed by atoms with Crippen molar-refractivity contribution < 1.29 is 0 Å². The van der Waals surface area contributed by atoms with Crippen LogP contribution in [0, 0.1) is 0 Å². The SMILES string of the molecule is Nc1nccc(Sc2cncnn2)c1Cl. The molecule has 0 saturated carbocycles. The molecular weight excluding hydrogens is 234 g/mol. The van der Waals surface area contributed by atoms with Gasteiger partial charge in [-0.05, 0) is 6.07 Å². The minimum absolute atomic E-state index is 0.304. The number of nitrogens with two attached hydrogens (primary N) is 1. The van der Waals surface area contributed by atoms with Crippen molar-refractivity contribution in [1.29, 1.82) is 0 Å². The van der Waals surface area contributed by atoms with Crippen LogP contribution in [0.25, 0.3) is 0 Å². The maximum atomic E-state index is 5.97. The lowest BCUT2D eigenvalue weighted by molar-refractivity contribution is 0.876. The number of anilines is 1. The van der Waals surface area contributed by atoms with Gasteiger partial charge in [0, 0.05) is 11.1 Å². The summed E-state index contributed by atoms with van der Waals surface area (Å²) in [5.74, 6) is 0.304. The van der Waals surface area contributed by atoms with Gasteiger partial charge in [-0.15, -0.1) is 10.2 Å². The monoisotopic (exact) mass is 239 g/mol. The first-order valence-electron chi connectivity index (χ1n) is 3.98. The van der Waals surface area contributed by atoms with Gasteiger partial charge in [0.25, 0.3) is 0 Å². The molecule has 0 fully saturated rings. The van der Waals surface area contributed by atoms with Gasteiger partial charge in [-0.3, -0.25) is 0 Å². The minimum Gasteiger partial charge on any atom is -0.382 e. The van der Waals surface area contributed by atoms with Gasteiger partial charge in [-0.1, -0.05) is 23.4 Å². The maximum Gasteiger partial charge on any atom is 0.143 e. The average molecular weight is 240 g/mol. The molecule has 0 radical (unpaired) electrons. The normalized spacial score (nSPS) is 10.2. The zero-order valence-corrected chi connectivity index (χ0v) is 9.03. The van der Waals surface area contributed by atoms with Gasteiger partial charge in [0.1, 0.15) is 17.2 Å². The quantitative estimate of drug-likeness (QED) is 0.859. The molecule has 0 spiro atoms. The van der Waals surface area contributed by atoms with E-state index in [1.165, 1.54) is 18.1 Å². The fraction of sp³-hybridized carbons (Fsp3) is 0. The average Bonchev–Trinajstić information content (AvgIpc) is 2.26. The molecule has 5 nitrogen and oxygen atoms in total. The van der Waals surface area contributed by atoms with Gasteiger partial charge in [0.05, 0.1) is 11.2 Å². The molecule has 2 aromatic rings. The van der Waals surface area contributed by atoms with E-state index in [1.54, 1.807) is 18.5 Å². The second kappa shape index (κ2) is 4.41. The highest BCUT2D eigenvalue weighted by molar-refractivity contribution is 7.99. The summed E-state index contributed by atoms with van der Waals surface area (Å²) >= 11 is 7.31. The molecule has 2 aromatic heterocycles. The fourth-order valence-electron chi connectivity index (χ4n) is 0.915. The van der Waals surface area contributed by atoms with Crippen LogP contribution in [0.15, 0.2) is 34.7 Å². The summed E-state index contributed by atoms with van der Waals surface area (Å²) < 4.78 is 0. The molecule has 0 aliphatic heterocycles. The Kier molecular flexibility index (Phi) is 2.98. The number of pyridine rings is 1. The summed E-state index contributed by atoms with van der Waals surface area (Å²) in [5.41, 5.74) is 5.57. The van der Waals surface area contributed by atoms with Crippen LogP contribution in [0.1, 0.15) is 0 Å². The van der Waals surface area contributed by atoms with E-state index < -0.39 is 0 Å². The Bertz CT molecular complexity index is 464. The first-order chi connectivity index (χ1) is 7.27. The Hall–Kier alpha value is -1.40. The summed E-state index contributed by atoms with van der Waals surface area (Å²) in [6.45, 7) is 0. The van der Waals surface area contributed by atoms with Gasteiger partial charge < -0.3 is 5.73 Å². The fourth-order valence-corrected chi connectivity index (χ4v) is 1.89. The number of hydrogen-bond donors (Lipinski definition) is 1. The highest BCUT2D eigenvalue weighted by Crippen LogP contribution is 2.33. The smallest absolute Gasteiger partial charge is 0.143 e. The summed E-state index contributed by atoms with van der Waals surface area (Å²) in [4.78, 5) is 8.49. The number of hydrogen-bond acceptors (Lipinski definition) is 6. The molecule has 7 heteroatoms. The Balaban J connectivity index is 2.29. The first-order valence-corrected chi connectivity index (χ1v) is 5.17. The van der Waals surface area contributed by atoms with E-state index in [9.17, 15) is 0 Å². The van der Waals surface area contributed by atoms with Crippen molar-refractivity contribution in [3.8, 4) is 0 Å². The summed E-state index contributed by atoms with van der Waals surface area (Å²) in [7, 11) is 0. The molecule has 0 bridgehead atoms. The second-order valence-electron chi connectivity index (χ2n) is 2.56. The van der Waals surface area contributed by atoms with Crippen molar-refractivity contribution in [3.05, 3.63) is 29.8 Å². The van der Waals surface area contributed by atoms with Crippen LogP contribution in [0.3, 0.4) is 0 Å². The van der Waals surface area contributed by atoms with Gasteiger partial charge in [-0.2, -0.15) is 0 Å². The summed E-state index contributed by atoms with van der Waals surface area (Å²) in [6.07, 6.45) is 4.56. The van der Waals surface area contributed by atoms with Gasteiger partial charge in [0.2, 0.25) is 0 Å². The highest BCUT2D eigenvalue weighted by Gasteiger charge is 2.07. The minimum atomic E-state index is 0.304. The molecule has 0 aliphatic rings. The van der Waals surface area contributed by atoms with Crippen molar-refractivity contribution in [1.82, 2.24) is 20.2 Å². The number of rotatable bonds is 2. The lowest BCUT2D eigenvalue weighted by Gasteiger charge is -2.03. The third-order valence-corrected chi connectivity index (χ3v) is 3.02. The second-order valence-corrected chi connectivity index (χ2v) is 4.00. The molecule has 2 N–H and O–H groups in total. The maximum absolute atomic E-state index is 5.97. The van der Waals surface area contributed by atoms with E-state index >= 15 is 0 Å². The molecule has 0 unspecified atom stereocenters. The third-order valence-electron chi connectivity index (χ3n) is 1.55. The molecule has 0 aliphatic carbocycles. The highest BCUT2D eigenvalue weighted by atomic mass is 35.5. The number of halogens is 1. The molecule has 0 aromatic carbocycles. The first kappa shape index (κ1) is 10.1. The summed E-state index contributed by atoms with van der Waals surface area (Å²) in [6, 6.07) is 1.76. The van der Waals surface area contributed by atoms with E-state index in [4.69, 9.17) is 17.3 Å². The van der Waals surface area contributed by atoms with Crippen LogP contribution in [-0.4, -0.2) is 20.2 Å². The number of aromatic nitrogens is 4. The Morgan fingerprint density at radius 2 is 2.27 bits per heavy atom. The molecule has 15 heavy (non-hydrogen) atoms. The van der Waals surface area contributed by atoms with Crippen molar-refractivity contribution in [2.45, 2.75) is 9.92 Å². The van der Waals surface area contributed by atoms with E-state index in [-0.39, 0.29) is 0 Å². The van der Waals surface area contributed by atoms with Crippen LogP contribution in [-0.2, 0) is 0 Å². The van der Waals surface area contributed by atoms with Gasteiger partial charge in [0.15, 0.2) is 0 Å². The Morgan fingerprint density at radius 1 is 1.40 bits per heavy atom. The Labute approximate surface area is 95.1 Å². The van der Waals surface area contributed by atoms with Crippen LogP contribution in [0.4, 0.5) is 5.82 Å². The largest absolute Gasteiger partial charge is 0.382 e. The zero-order valence-electron chi connectivity index (χ0n) is 7.46.